The highest BCUT2D eigenvalue weighted by Gasteiger charge is 2.33. The van der Waals surface area contributed by atoms with E-state index in [-0.39, 0.29) is 0 Å². The molecule has 5 heterocycles. The molecule has 0 bridgehead atoms. The summed E-state index contributed by atoms with van der Waals surface area (Å²) >= 11 is 0. The Balaban J connectivity index is 1.06. The monoisotopic (exact) mass is 791 g/mol. The summed E-state index contributed by atoms with van der Waals surface area (Å²) in [6, 6.07) is 78.9. The van der Waals surface area contributed by atoms with Gasteiger partial charge in [0.25, 0.3) is 0 Å². The molecule has 2 aliphatic heterocycles. The van der Waals surface area contributed by atoms with Crippen molar-refractivity contribution < 1.29 is 0 Å². The van der Waals surface area contributed by atoms with Crippen LogP contribution < -0.4 is 9.80 Å². The van der Waals surface area contributed by atoms with E-state index in [1.807, 2.05) is 12.3 Å². The van der Waals surface area contributed by atoms with Crippen LogP contribution in [0.2, 0.25) is 0 Å². The molecule has 5 heteroatoms. The number of hydrogen-bond donors (Lipinski definition) is 0. The largest absolute Gasteiger partial charge is 0.309 e. The number of benzene rings is 8. The Morgan fingerprint density at radius 3 is 1.26 bits per heavy atom. The average Bonchev–Trinajstić information content (AvgIpc) is 3.78. The van der Waals surface area contributed by atoms with Gasteiger partial charge in [0.15, 0.2) is 0 Å². The maximum absolute atomic E-state index is 5.21. The molecule has 290 valence electrons. The molecule has 0 fully saturated rings. The normalized spacial score (nSPS) is 12.5. The molecule has 2 aliphatic rings. The first-order valence-corrected chi connectivity index (χ1v) is 21.1. The molecule has 5 nitrogen and oxygen atoms in total. The molecule has 0 atom stereocenters. The van der Waals surface area contributed by atoms with Crippen molar-refractivity contribution in [2.75, 3.05) is 9.80 Å². The summed E-state index contributed by atoms with van der Waals surface area (Å²) in [6.45, 7) is 0. The highest BCUT2D eigenvalue weighted by Crippen LogP contribution is 2.56. The first-order valence-electron chi connectivity index (χ1n) is 21.1. The van der Waals surface area contributed by atoms with Crippen LogP contribution in [0.3, 0.4) is 0 Å². The van der Waals surface area contributed by atoms with Crippen LogP contribution in [-0.2, 0) is 0 Å². The number of fused-ring (bicyclic) bond motifs is 14. The number of pyridine rings is 1. The lowest BCUT2D eigenvalue weighted by Gasteiger charge is -2.27. The Morgan fingerprint density at radius 1 is 0.290 bits per heavy atom. The van der Waals surface area contributed by atoms with Gasteiger partial charge in [-0.25, -0.2) is 0 Å². The summed E-state index contributed by atoms with van der Waals surface area (Å²) in [6.07, 6.45) is 1.92. The molecule has 0 saturated heterocycles. The van der Waals surface area contributed by atoms with Crippen molar-refractivity contribution >= 4 is 55.9 Å². The third-order valence-corrected chi connectivity index (χ3v) is 12.6. The van der Waals surface area contributed by atoms with Crippen molar-refractivity contribution in [2.45, 2.75) is 0 Å². The van der Waals surface area contributed by atoms with Gasteiger partial charge in [0.1, 0.15) is 5.69 Å². The minimum absolute atomic E-state index is 0.933. The predicted molar refractivity (Wildman–Crippen MR) is 256 cm³/mol. The van der Waals surface area contributed by atoms with Gasteiger partial charge in [-0.15, -0.1) is 0 Å². The fraction of sp³-hybridized carbons (Fsp3) is 0. The van der Waals surface area contributed by atoms with Gasteiger partial charge in [-0.05, 0) is 91.0 Å². The van der Waals surface area contributed by atoms with Crippen LogP contribution >= 0.6 is 0 Å². The van der Waals surface area contributed by atoms with Gasteiger partial charge >= 0.3 is 0 Å². The van der Waals surface area contributed by atoms with Crippen molar-refractivity contribution in [2.24, 2.45) is 0 Å². The van der Waals surface area contributed by atoms with E-state index in [0.717, 1.165) is 62.4 Å². The molecule has 0 saturated carbocycles. The lowest BCUT2D eigenvalue weighted by Crippen LogP contribution is -2.11. The van der Waals surface area contributed by atoms with E-state index in [1.165, 1.54) is 49.8 Å². The molecule has 0 spiro atoms. The molecule has 11 aromatic rings. The van der Waals surface area contributed by atoms with E-state index in [0.29, 0.717) is 0 Å². The molecule has 0 radical (unpaired) electrons. The lowest BCUT2D eigenvalue weighted by molar-refractivity contribution is 1.09. The zero-order valence-electron chi connectivity index (χ0n) is 33.6. The van der Waals surface area contributed by atoms with E-state index in [2.05, 4.69) is 231 Å². The van der Waals surface area contributed by atoms with Gasteiger partial charge in [0.2, 0.25) is 0 Å². The quantitative estimate of drug-likeness (QED) is 0.178. The Bertz CT molecular complexity index is 3290. The molecule has 8 aromatic carbocycles. The van der Waals surface area contributed by atoms with E-state index in [9.17, 15) is 0 Å². The Morgan fingerprint density at radius 2 is 0.694 bits per heavy atom. The van der Waals surface area contributed by atoms with Crippen molar-refractivity contribution in [3.8, 4) is 56.3 Å². The minimum atomic E-state index is 0.933. The fourth-order valence-electron chi connectivity index (χ4n) is 10.2. The second kappa shape index (κ2) is 13.6. The zero-order chi connectivity index (χ0) is 40.7. The Kier molecular flexibility index (Phi) is 7.54. The molecular weight excluding hydrogens is 755 g/mol. The molecule has 0 amide bonds. The molecule has 0 aliphatic carbocycles. The third kappa shape index (κ3) is 4.93. The number of nitrogens with zero attached hydrogens (tertiary/aromatic N) is 5. The van der Waals surface area contributed by atoms with Gasteiger partial charge < -0.3 is 18.9 Å². The zero-order valence-corrected chi connectivity index (χ0v) is 33.6. The highest BCUT2D eigenvalue weighted by molar-refractivity contribution is 6.14. The summed E-state index contributed by atoms with van der Waals surface area (Å²) in [4.78, 5) is 9.98. The van der Waals surface area contributed by atoms with Gasteiger partial charge in [-0.1, -0.05) is 127 Å². The molecule has 13 rings (SSSR count). The van der Waals surface area contributed by atoms with Crippen LogP contribution in [0.1, 0.15) is 0 Å². The number of anilines is 6. The highest BCUT2D eigenvalue weighted by atomic mass is 15.2. The topological polar surface area (TPSA) is 29.2 Å². The SMILES string of the molecule is c1ccc(N2c3ccccc3-c3c(n(-c4ccc(-n5c6c(c7ccccc75)-c5ccccc5N(c5ccccc5)c5cccnc5-6)cc4)c4ccccc34)-c3ccccc32)cc1. The van der Waals surface area contributed by atoms with E-state index in [1.54, 1.807) is 0 Å². The standard InChI is InChI=1S/C57H37N5/c1-3-18-38(19-4-1)59-47-27-12-7-22-42(47)53-44-24-9-14-29-49(44)61(56(53)46-26-11-16-31-51(46)59)40-33-35-41(36-34-40)62-50-30-15-10-25-45(50)54-43-23-8-13-28-48(43)60(39-20-5-2-6-21-39)52-32-17-37-58-55(52)57(54)62/h1-37H. The fourth-order valence-corrected chi connectivity index (χ4v) is 10.2. The second-order valence-corrected chi connectivity index (χ2v) is 15.9. The number of para-hydroxylation sites is 7. The van der Waals surface area contributed by atoms with Crippen LogP contribution in [0, 0.1) is 0 Å². The molecular formula is C57H37N5. The van der Waals surface area contributed by atoms with Crippen molar-refractivity contribution in [3.63, 3.8) is 0 Å². The van der Waals surface area contributed by atoms with Gasteiger partial charge in [-0.3, -0.25) is 4.98 Å². The van der Waals surface area contributed by atoms with E-state index >= 15 is 0 Å². The van der Waals surface area contributed by atoms with Gasteiger partial charge in [-0.2, -0.15) is 0 Å². The van der Waals surface area contributed by atoms with Crippen LogP contribution in [0.5, 0.6) is 0 Å². The smallest absolute Gasteiger partial charge is 0.112 e. The molecule has 0 N–H and O–H groups in total. The van der Waals surface area contributed by atoms with Crippen LogP contribution in [0.15, 0.2) is 225 Å². The first-order chi connectivity index (χ1) is 30.8. The van der Waals surface area contributed by atoms with E-state index in [4.69, 9.17) is 4.98 Å². The van der Waals surface area contributed by atoms with Crippen molar-refractivity contribution in [1.82, 2.24) is 14.1 Å². The van der Waals surface area contributed by atoms with Crippen LogP contribution in [-0.4, -0.2) is 14.1 Å². The van der Waals surface area contributed by atoms with Gasteiger partial charge in [0, 0.05) is 67.5 Å². The lowest BCUT2D eigenvalue weighted by atomic mass is 9.98. The maximum Gasteiger partial charge on any atom is 0.112 e. The van der Waals surface area contributed by atoms with Crippen molar-refractivity contribution in [3.05, 3.63) is 225 Å². The Labute approximate surface area is 359 Å². The molecule has 0 unspecified atom stereocenters. The second-order valence-electron chi connectivity index (χ2n) is 15.9. The predicted octanol–water partition coefficient (Wildman–Crippen LogP) is 15.2. The summed E-state index contributed by atoms with van der Waals surface area (Å²) < 4.78 is 4.89. The molecule has 3 aromatic heterocycles. The average molecular weight is 792 g/mol. The van der Waals surface area contributed by atoms with E-state index < -0.39 is 0 Å². The Hall–Kier alpha value is -8.41. The summed E-state index contributed by atoms with van der Waals surface area (Å²) in [5.74, 6) is 0. The number of hydrogen-bond acceptors (Lipinski definition) is 3. The third-order valence-electron chi connectivity index (χ3n) is 12.6. The summed E-state index contributed by atoms with van der Waals surface area (Å²) in [7, 11) is 0. The molecule has 62 heavy (non-hydrogen) atoms. The summed E-state index contributed by atoms with van der Waals surface area (Å²) in [5, 5.41) is 2.40. The van der Waals surface area contributed by atoms with Crippen LogP contribution in [0.4, 0.5) is 34.1 Å². The first kappa shape index (κ1) is 34.5. The van der Waals surface area contributed by atoms with Gasteiger partial charge in [0.05, 0.1) is 45.2 Å². The maximum atomic E-state index is 5.21. The summed E-state index contributed by atoms with van der Waals surface area (Å²) in [5.41, 5.74) is 20.3. The van der Waals surface area contributed by atoms with Crippen molar-refractivity contribution in [1.29, 1.82) is 0 Å². The minimum Gasteiger partial charge on any atom is -0.309 e. The number of rotatable bonds is 4. The number of aromatic nitrogens is 3. The van der Waals surface area contributed by atoms with Crippen LogP contribution in [0.25, 0.3) is 78.1 Å².